The normalized spacial score (nSPS) is 30.0. The molecule has 126 valence electrons. The number of rotatable bonds is 5. The van der Waals surface area contributed by atoms with Crippen LogP contribution in [0.1, 0.15) is 62.6 Å². The summed E-state index contributed by atoms with van der Waals surface area (Å²) < 4.78 is 5.55. The van der Waals surface area contributed by atoms with Crippen molar-refractivity contribution < 1.29 is 14.3 Å². The van der Waals surface area contributed by atoms with Crippen LogP contribution in [-0.4, -0.2) is 29.4 Å². The van der Waals surface area contributed by atoms with Crippen LogP contribution in [0.15, 0.2) is 5.38 Å². The number of nitrogens with zero attached hydrogens (tertiary/aromatic N) is 1. The molecule has 6 heteroatoms. The fourth-order valence-electron chi connectivity index (χ4n) is 3.68. The van der Waals surface area contributed by atoms with Gasteiger partial charge >= 0.3 is 0 Å². The molecule has 0 saturated heterocycles. The van der Waals surface area contributed by atoms with E-state index in [1.165, 1.54) is 0 Å². The lowest BCUT2D eigenvalue weighted by molar-refractivity contribution is -0.167. The van der Waals surface area contributed by atoms with E-state index in [1.54, 1.807) is 18.4 Å². The maximum absolute atomic E-state index is 12.7. The van der Waals surface area contributed by atoms with Crippen molar-refractivity contribution in [1.29, 1.82) is 0 Å². The quantitative estimate of drug-likeness (QED) is 0.840. The Labute approximate surface area is 140 Å². The van der Waals surface area contributed by atoms with Crippen molar-refractivity contribution in [3.63, 3.8) is 0 Å². The molecule has 1 amide bonds. The fourth-order valence-corrected chi connectivity index (χ4v) is 4.57. The number of Topliss-reactive ketones (excluding diaryl/α,β-unsaturated/α-hetero) is 1. The maximum atomic E-state index is 12.7. The Morgan fingerprint density at radius 2 is 2.09 bits per heavy atom. The number of ether oxygens (including phenoxy) is 1. The lowest BCUT2D eigenvalue weighted by Gasteiger charge is -2.50. The number of carbonyl (C=O) groups excluding carboxylic acids is 2. The average molecular weight is 336 g/mol. The number of nitrogens with one attached hydrogen (secondary N) is 1. The molecule has 0 radical (unpaired) electrons. The van der Waals surface area contributed by atoms with Gasteiger partial charge in [0.25, 0.3) is 0 Å². The second-order valence-electron chi connectivity index (χ2n) is 7.07. The number of hydrogen-bond donors (Lipinski definition) is 1. The zero-order valence-electron chi connectivity index (χ0n) is 14.0. The van der Waals surface area contributed by atoms with E-state index in [2.05, 4.69) is 24.1 Å². The van der Waals surface area contributed by atoms with Gasteiger partial charge in [0.05, 0.1) is 17.8 Å². The summed E-state index contributed by atoms with van der Waals surface area (Å²) in [6.45, 7) is 4.60. The van der Waals surface area contributed by atoms with Crippen LogP contribution in [-0.2, 0) is 20.9 Å². The second-order valence-corrected chi connectivity index (χ2v) is 8.02. The van der Waals surface area contributed by atoms with E-state index in [0.29, 0.717) is 31.7 Å². The number of aromatic nitrogens is 1. The predicted octanol–water partition coefficient (Wildman–Crippen LogP) is 2.80. The number of methoxy groups -OCH3 is 1. The highest BCUT2D eigenvalue weighted by Gasteiger charge is 2.58. The molecular formula is C17H24N2O3S. The summed E-state index contributed by atoms with van der Waals surface area (Å²) >= 11 is 1.56. The lowest BCUT2D eigenvalue weighted by atomic mass is 9.57. The number of fused-ring (bicyclic) bond motifs is 3. The number of carbonyl (C=O) groups is 2. The molecule has 3 aliphatic rings. The SMILES string of the molecule is COC12CCC(C(=O)NCc3nc(C(C)C)cs3)(CC1)C(=O)C2. The summed E-state index contributed by atoms with van der Waals surface area (Å²) in [6, 6.07) is 0. The Balaban J connectivity index is 1.65. The van der Waals surface area contributed by atoms with E-state index in [9.17, 15) is 9.59 Å². The third-order valence-corrected chi connectivity index (χ3v) is 6.33. The first kappa shape index (κ1) is 16.6. The Kier molecular flexibility index (Phi) is 4.31. The average Bonchev–Trinajstić information content (AvgIpc) is 3.03. The van der Waals surface area contributed by atoms with E-state index in [-0.39, 0.29) is 17.3 Å². The first-order valence-electron chi connectivity index (χ1n) is 8.22. The number of thiazole rings is 1. The molecule has 0 unspecified atom stereocenters. The van der Waals surface area contributed by atoms with Crippen molar-refractivity contribution in [3.8, 4) is 0 Å². The molecular weight excluding hydrogens is 312 g/mol. The molecule has 3 aliphatic carbocycles. The van der Waals surface area contributed by atoms with E-state index in [1.807, 2.05) is 5.38 Å². The summed E-state index contributed by atoms with van der Waals surface area (Å²) in [5.74, 6) is 0.291. The highest BCUT2D eigenvalue weighted by atomic mass is 32.1. The van der Waals surface area contributed by atoms with Crippen LogP contribution in [0.5, 0.6) is 0 Å². The molecule has 1 aromatic rings. The third kappa shape index (κ3) is 2.83. The van der Waals surface area contributed by atoms with Crippen molar-refractivity contribution in [2.75, 3.05) is 7.11 Å². The topological polar surface area (TPSA) is 68.3 Å². The Bertz CT molecular complexity index is 615. The minimum Gasteiger partial charge on any atom is -0.378 e. The maximum Gasteiger partial charge on any atom is 0.234 e. The van der Waals surface area contributed by atoms with Crippen LogP contribution in [0.4, 0.5) is 0 Å². The minimum atomic E-state index is -0.835. The summed E-state index contributed by atoms with van der Waals surface area (Å²) in [6.07, 6.45) is 3.14. The Morgan fingerprint density at radius 3 is 2.61 bits per heavy atom. The van der Waals surface area contributed by atoms with E-state index >= 15 is 0 Å². The van der Waals surface area contributed by atoms with Gasteiger partial charge in [0.1, 0.15) is 10.4 Å². The van der Waals surface area contributed by atoms with Crippen molar-refractivity contribution in [1.82, 2.24) is 10.3 Å². The molecule has 5 nitrogen and oxygen atoms in total. The first-order chi connectivity index (χ1) is 10.9. The zero-order valence-corrected chi connectivity index (χ0v) is 14.8. The van der Waals surface area contributed by atoms with Crippen LogP contribution in [0.3, 0.4) is 0 Å². The van der Waals surface area contributed by atoms with Gasteiger partial charge in [-0.25, -0.2) is 4.98 Å². The third-order valence-electron chi connectivity index (χ3n) is 5.46. The van der Waals surface area contributed by atoms with Gasteiger partial charge in [-0.3, -0.25) is 9.59 Å². The summed E-state index contributed by atoms with van der Waals surface area (Å²) in [4.78, 5) is 29.8. The van der Waals surface area contributed by atoms with Crippen LogP contribution in [0, 0.1) is 5.41 Å². The van der Waals surface area contributed by atoms with Crippen LogP contribution in [0.2, 0.25) is 0 Å². The molecule has 4 rings (SSSR count). The fraction of sp³-hybridized carbons (Fsp3) is 0.706. The minimum absolute atomic E-state index is 0.0383. The Morgan fingerprint density at radius 1 is 1.39 bits per heavy atom. The highest BCUT2D eigenvalue weighted by Crippen LogP contribution is 2.51. The van der Waals surface area contributed by atoms with Gasteiger partial charge < -0.3 is 10.1 Å². The van der Waals surface area contributed by atoms with Gasteiger partial charge in [-0.2, -0.15) is 0 Å². The molecule has 0 aliphatic heterocycles. The van der Waals surface area contributed by atoms with Gasteiger partial charge in [0.15, 0.2) is 5.78 Å². The molecule has 2 bridgehead atoms. The molecule has 3 saturated carbocycles. The summed E-state index contributed by atoms with van der Waals surface area (Å²) in [7, 11) is 1.67. The van der Waals surface area contributed by atoms with Gasteiger partial charge in [-0.1, -0.05) is 13.8 Å². The van der Waals surface area contributed by atoms with Crippen LogP contribution in [0.25, 0.3) is 0 Å². The van der Waals surface area contributed by atoms with Crippen molar-refractivity contribution in [2.24, 2.45) is 5.41 Å². The largest absolute Gasteiger partial charge is 0.378 e. The van der Waals surface area contributed by atoms with Gasteiger partial charge in [0, 0.05) is 18.9 Å². The van der Waals surface area contributed by atoms with E-state index < -0.39 is 5.41 Å². The molecule has 23 heavy (non-hydrogen) atoms. The standard InChI is InChI=1S/C17H24N2O3S/c1-11(2)12-10-23-14(19-12)9-18-15(21)17-6-4-16(22-3,5-7-17)8-13(17)20/h10-11H,4-9H2,1-3H3,(H,18,21). The van der Waals surface area contributed by atoms with Gasteiger partial charge in [-0.05, 0) is 31.6 Å². The number of ketones is 1. The Hall–Kier alpha value is -1.27. The highest BCUT2D eigenvalue weighted by molar-refractivity contribution is 7.09. The molecule has 1 heterocycles. The molecule has 3 fully saturated rings. The van der Waals surface area contributed by atoms with Crippen molar-refractivity contribution in [2.45, 2.75) is 64.0 Å². The zero-order chi connectivity index (χ0) is 16.7. The molecule has 0 aromatic carbocycles. The van der Waals surface area contributed by atoms with Crippen molar-refractivity contribution >= 4 is 23.0 Å². The van der Waals surface area contributed by atoms with Gasteiger partial charge in [0.2, 0.25) is 5.91 Å². The number of hydrogen-bond acceptors (Lipinski definition) is 5. The smallest absolute Gasteiger partial charge is 0.234 e. The molecule has 0 spiro atoms. The summed E-state index contributed by atoms with van der Waals surface area (Å²) in [5, 5.41) is 5.87. The van der Waals surface area contributed by atoms with Crippen LogP contribution < -0.4 is 5.32 Å². The monoisotopic (exact) mass is 336 g/mol. The van der Waals surface area contributed by atoms with Crippen LogP contribution >= 0.6 is 11.3 Å². The number of amides is 1. The first-order valence-corrected chi connectivity index (χ1v) is 9.10. The molecule has 0 atom stereocenters. The van der Waals surface area contributed by atoms with Crippen molar-refractivity contribution in [3.05, 3.63) is 16.1 Å². The van der Waals surface area contributed by atoms with E-state index in [4.69, 9.17) is 4.74 Å². The van der Waals surface area contributed by atoms with Gasteiger partial charge in [-0.15, -0.1) is 11.3 Å². The lowest BCUT2D eigenvalue weighted by Crippen LogP contribution is -2.58. The molecule has 1 aromatic heterocycles. The molecule has 1 N–H and O–H groups in total. The predicted molar refractivity (Wildman–Crippen MR) is 88.3 cm³/mol. The summed E-state index contributed by atoms with van der Waals surface area (Å²) in [5.41, 5.74) is -0.104. The van der Waals surface area contributed by atoms with E-state index in [0.717, 1.165) is 23.5 Å². The second kappa shape index (κ2) is 5.98.